The number of anilines is 1. The Morgan fingerprint density at radius 1 is 1.16 bits per heavy atom. The first-order chi connectivity index (χ1) is 12.0. The molecule has 0 saturated heterocycles. The minimum Gasteiger partial charge on any atom is -0.479 e. The van der Waals surface area contributed by atoms with Crippen LogP contribution in [-0.2, 0) is 14.3 Å². The van der Waals surface area contributed by atoms with Crippen LogP contribution in [0.4, 0.5) is 10.1 Å². The number of halogens is 1. The van der Waals surface area contributed by atoms with E-state index in [1.165, 1.54) is 6.07 Å². The summed E-state index contributed by atoms with van der Waals surface area (Å²) in [5, 5.41) is 2.47. The number of nitrogens with one attached hydrogen (secondary N) is 1. The predicted octanol–water partition coefficient (Wildman–Crippen LogP) is 3.47. The van der Waals surface area contributed by atoms with Gasteiger partial charge in [0.25, 0.3) is 5.91 Å². The van der Waals surface area contributed by atoms with Crippen LogP contribution in [-0.4, -0.2) is 24.6 Å². The average Bonchev–Trinajstić information content (AvgIpc) is 2.61. The molecule has 0 aromatic heterocycles. The Labute approximate surface area is 145 Å². The summed E-state index contributed by atoms with van der Waals surface area (Å²) in [5.74, 6) is -1.05. The molecule has 1 amide bonds. The lowest BCUT2D eigenvalue weighted by molar-refractivity contribution is -0.154. The van der Waals surface area contributed by atoms with Gasteiger partial charge in [0, 0.05) is 5.69 Å². The van der Waals surface area contributed by atoms with E-state index in [9.17, 15) is 14.0 Å². The third-order valence-corrected chi connectivity index (χ3v) is 3.46. The molecule has 2 aromatic carbocycles. The fourth-order valence-electron chi connectivity index (χ4n) is 2.06. The average molecular weight is 345 g/mol. The van der Waals surface area contributed by atoms with E-state index in [4.69, 9.17) is 9.47 Å². The molecule has 0 heterocycles. The summed E-state index contributed by atoms with van der Waals surface area (Å²) in [5.41, 5.74) is 0.782. The predicted molar refractivity (Wildman–Crippen MR) is 91.9 cm³/mol. The van der Waals surface area contributed by atoms with E-state index in [0.29, 0.717) is 23.4 Å². The van der Waals surface area contributed by atoms with E-state index in [1.807, 2.05) is 6.07 Å². The van der Waals surface area contributed by atoms with Gasteiger partial charge in [-0.3, -0.25) is 4.79 Å². The zero-order valence-corrected chi connectivity index (χ0v) is 14.1. The van der Waals surface area contributed by atoms with E-state index >= 15 is 0 Å². The summed E-state index contributed by atoms with van der Waals surface area (Å²) in [7, 11) is 0. The van der Waals surface area contributed by atoms with Gasteiger partial charge in [0.15, 0.2) is 12.7 Å². The Morgan fingerprint density at radius 2 is 1.88 bits per heavy atom. The van der Waals surface area contributed by atoms with Crippen molar-refractivity contribution >= 4 is 17.6 Å². The highest BCUT2D eigenvalue weighted by molar-refractivity contribution is 5.93. The quantitative estimate of drug-likeness (QED) is 0.781. The van der Waals surface area contributed by atoms with Crippen molar-refractivity contribution in [3.05, 3.63) is 59.9 Å². The first kappa shape index (κ1) is 18.4. The Balaban J connectivity index is 1.84. The number of hydrogen-bond donors (Lipinski definition) is 1. The van der Waals surface area contributed by atoms with Gasteiger partial charge in [-0.1, -0.05) is 31.2 Å². The molecule has 0 fully saturated rings. The van der Waals surface area contributed by atoms with Gasteiger partial charge < -0.3 is 14.8 Å². The lowest BCUT2D eigenvalue weighted by Gasteiger charge is -2.16. The number of amides is 1. The summed E-state index contributed by atoms with van der Waals surface area (Å²) < 4.78 is 24.0. The highest BCUT2D eigenvalue weighted by Crippen LogP contribution is 2.15. The van der Waals surface area contributed by atoms with E-state index < -0.39 is 30.4 Å². The molecule has 0 aliphatic carbocycles. The van der Waals surface area contributed by atoms with Gasteiger partial charge in [0.05, 0.1) is 0 Å². The van der Waals surface area contributed by atoms with Crippen molar-refractivity contribution in [3.8, 4) is 5.75 Å². The van der Waals surface area contributed by atoms with E-state index in [0.717, 1.165) is 0 Å². The molecule has 2 aromatic rings. The molecule has 2 rings (SSSR count). The standard InChI is InChI=1S/C19H20FNO4/c1-3-17(25-15-7-5-4-6-8-15)19(23)24-12-18(22)21-14-10-9-13(2)16(20)11-14/h4-11,17H,3,12H2,1-2H3,(H,21,22)/t17-/m1/s1. The summed E-state index contributed by atoms with van der Waals surface area (Å²) in [6.45, 7) is 2.94. The number of ether oxygens (including phenoxy) is 2. The highest BCUT2D eigenvalue weighted by Gasteiger charge is 2.21. The number of benzene rings is 2. The molecule has 0 unspecified atom stereocenters. The van der Waals surface area contributed by atoms with Crippen LogP contribution in [0.25, 0.3) is 0 Å². The van der Waals surface area contributed by atoms with Crippen molar-refractivity contribution in [2.45, 2.75) is 26.4 Å². The Kier molecular flexibility index (Phi) is 6.51. The van der Waals surface area contributed by atoms with E-state index in [-0.39, 0.29) is 0 Å². The molecule has 132 valence electrons. The Hall–Kier alpha value is -2.89. The van der Waals surface area contributed by atoms with E-state index in [1.54, 1.807) is 50.2 Å². The molecule has 0 saturated carbocycles. The Bertz CT molecular complexity index is 733. The summed E-state index contributed by atoms with van der Waals surface area (Å²) in [6.07, 6.45) is -0.398. The molecule has 1 N–H and O–H groups in total. The fraction of sp³-hybridized carbons (Fsp3) is 0.263. The fourth-order valence-corrected chi connectivity index (χ4v) is 2.06. The van der Waals surface area contributed by atoms with Crippen LogP contribution in [0.5, 0.6) is 5.75 Å². The largest absolute Gasteiger partial charge is 0.479 e. The highest BCUT2D eigenvalue weighted by atomic mass is 19.1. The third-order valence-electron chi connectivity index (χ3n) is 3.46. The van der Waals surface area contributed by atoms with Crippen molar-refractivity contribution in [3.63, 3.8) is 0 Å². The summed E-state index contributed by atoms with van der Waals surface area (Å²) in [4.78, 5) is 23.9. The zero-order chi connectivity index (χ0) is 18.2. The molecular weight excluding hydrogens is 325 g/mol. The lowest BCUT2D eigenvalue weighted by atomic mass is 10.2. The van der Waals surface area contributed by atoms with Crippen LogP contribution >= 0.6 is 0 Å². The van der Waals surface area contributed by atoms with Crippen molar-refractivity contribution in [1.82, 2.24) is 0 Å². The Morgan fingerprint density at radius 3 is 2.52 bits per heavy atom. The molecule has 0 spiro atoms. The molecule has 0 bridgehead atoms. The number of carbonyl (C=O) groups excluding carboxylic acids is 2. The number of aryl methyl sites for hydroxylation is 1. The molecule has 0 radical (unpaired) electrons. The topological polar surface area (TPSA) is 64.6 Å². The van der Waals surface area contributed by atoms with Crippen LogP contribution < -0.4 is 10.1 Å². The van der Waals surface area contributed by atoms with Crippen LogP contribution in [0.1, 0.15) is 18.9 Å². The maximum Gasteiger partial charge on any atom is 0.347 e. The number of para-hydroxylation sites is 1. The smallest absolute Gasteiger partial charge is 0.347 e. The molecule has 25 heavy (non-hydrogen) atoms. The minimum absolute atomic E-state index is 0.303. The second-order valence-corrected chi connectivity index (χ2v) is 5.45. The lowest BCUT2D eigenvalue weighted by Crippen LogP contribution is -2.31. The first-order valence-corrected chi connectivity index (χ1v) is 7.94. The molecule has 0 aliphatic heterocycles. The molecule has 5 nitrogen and oxygen atoms in total. The van der Waals surface area contributed by atoms with Crippen molar-refractivity contribution < 1.29 is 23.5 Å². The van der Waals surface area contributed by atoms with Gasteiger partial charge >= 0.3 is 5.97 Å². The van der Waals surface area contributed by atoms with Crippen LogP contribution in [0.2, 0.25) is 0 Å². The number of rotatable bonds is 7. The molecule has 1 atom stereocenters. The summed E-state index contributed by atoms with van der Waals surface area (Å²) in [6, 6.07) is 13.2. The van der Waals surface area contributed by atoms with Gasteiger partial charge in [-0.25, -0.2) is 9.18 Å². The first-order valence-electron chi connectivity index (χ1n) is 7.94. The number of hydrogen-bond acceptors (Lipinski definition) is 4. The van der Waals surface area contributed by atoms with Crippen LogP contribution in [0, 0.1) is 12.7 Å². The normalized spacial score (nSPS) is 11.5. The van der Waals surface area contributed by atoms with Crippen LogP contribution in [0.15, 0.2) is 48.5 Å². The second-order valence-electron chi connectivity index (χ2n) is 5.45. The number of esters is 1. The minimum atomic E-state index is -0.799. The van der Waals surface area contributed by atoms with Crippen molar-refractivity contribution in [2.75, 3.05) is 11.9 Å². The van der Waals surface area contributed by atoms with Crippen molar-refractivity contribution in [1.29, 1.82) is 0 Å². The molecular formula is C19H20FNO4. The van der Waals surface area contributed by atoms with Gasteiger partial charge in [-0.2, -0.15) is 0 Å². The monoisotopic (exact) mass is 345 g/mol. The zero-order valence-electron chi connectivity index (χ0n) is 14.1. The van der Waals surface area contributed by atoms with E-state index in [2.05, 4.69) is 5.32 Å². The van der Waals surface area contributed by atoms with Crippen LogP contribution in [0.3, 0.4) is 0 Å². The van der Waals surface area contributed by atoms with Gasteiger partial charge in [0.2, 0.25) is 0 Å². The summed E-state index contributed by atoms with van der Waals surface area (Å²) >= 11 is 0. The molecule has 6 heteroatoms. The SMILES string of the molecule is CC[C@@H](Oc1ccccc1)C(=O)OCC(=O)Nc1ccc(C)c(F)c1. The third kappa shape index (κ3) is 5.60. The number of carbonyl (C=O) groups is 2. The van der Waals surface area contributed by atoms with Gasteiger partial charge in [-0.15, -0.1) is 0 Å². The maximum atomic E-state index is 13.4. The van der Waals surface area contributed by atoms with Crippen molar-refractivity contribution in [2.24, 2.45) is 0 Å². The second kappa shape index (κ2) is 8.82. The van der Waals surface area contributed by atoms with Gasteiger partial charge in [-0.05, 0) is 43.2 Å². The van der Waals surface area contributed by atoms with Gasteiger partial charge in [0.1, 0.15) is 11.6 Å². The molecule has 0 aliphatic rings. The maximum absolute atomic E-state index is 13.4.